The molecule has 0 spiro atoms. The molecule has 2 aliphatic rings. The molecule has 2 aromatic carbocycles. The SMILES string of the molecule is COc1ccc2c(c1)N(C(=O)CN1C(=O)c3ccccc3C1=O)C(C)(C)c1ssc(=S)c1-2. The average molecular weight is 483 g/mol. The minimum atomic E-state index is -0.720. The molecule has 3 amide bonds. The second kappa shape index (κ2) is 7.33. The molecule has 0 unspecified atom stereocenters. The van der Waals surface area contributed by atoms with Crippen LogP contribution in [0.25, 0.3) is 11.1 Å². The second-order valence-electron chi connectivity index (χ2n) is 8.07. The van der Waals surface area contributed by atoms with Crippen LogP contribution in [0.5, 0.6) is 5.75 Å². The number of hydrogen-bond donors (Lipinski definition) is 0. The van der Waals surface area contributed by atoms with Crippen LogP contribution >= 0.6 is 32.9 Å². The summed E-state index contributed by atoms with van der Waals surface area (Å²) in [5.74, 6) is -0.654. The molecule has 0 saturated heterocycles. The maximum absolute atomic E-state index is 13.7. The number of carbonyl (C=O) groups excluding carboxylic acids is 3. The van der Waals surface area contributed by atoms with Crippen molar-refractivity contribution in [3.05, 3.63) is 62.3 Å². The molecule has 3 aromatic rings. The Morgan fingerprint density at radius 3 is 2.31 bits per heavy atom. The maximum atomic E-state index is 13.7. The molecule has 9 heteroatoms. The van der Waals surface area contributed by atoms with E-state index in [0.29, 0.717) is 22.6 Å². The third-order valence-corrected chi connectivity index (χ3v) is 9.21. The Morgan fingerprint density at radius 1 is 1.03 bits per heavy atom. The van der Waals surface area contributed by atoms with Gasteiger partial charge >= 0.3 is 0 Å². The fourth-order valence-corrected chi connectivity index (χ4v) is 7.65. The lowest BCUT2D eigenvalue weighted by Gasteiger charge is -2.43. The zero-order valence-corrected chi connectivity index (χ0v) is 20.0. The van der Waals surface area contributed by atoms with Gasteiger partial charge in [-0.2, -0.15) is 0 Å². The number of imide groups is 1. The Balaban J connectivity index is 1.59. The van der Waals surface area contributed by atoms with E-state index in [9.17, 15) is 14.4 Å². The van der Waals surface area contributed by atoms with Gasteiger partial charge in [-0.05, 0) is 38.1 Å². The topological polar surface area (TPSA) is 66.9 Å². The number of nitrogens with zero attached hydrogens (tertiary/aromatic N) is 2. The third kappa shape index (κ3) is 2.88. The van der Waals surface area contributed by atoms with Crippen LogP contribution in [0.15, 0.2) is 42.5 Å². The first-order chi connectivity index (χ1) is 15.3. The minimum Gasteiger partial charge on any atom is -0.497 e. The molecule has 32 heavy (non-hydrogen) atoms. The number of benzene rings is 2. The number of methoxy groups -OCH3 is 1. The predicted octanol–water partition coefficient (Wildman–Crippen LogP) is 5.09. The number of hydrogen-bond acceptors (Lipinski definition) is 7. The Labute approximate surface area is 197 Å². The molecule has 1 aromatic heterocycles. The monoisotopic (exact) mass is 482 g/mol. The first-order valence-electron chi connectivity index (χ1n) is 9.86. The molecule has 2 aliphatic heterocycles. The summed E-state index contributed by atoms with van der Waals surface area (Å²) in [7, 11) is 4.62. The third-order valence-electron chi connectivity index (χ3n) is 5.88. The van der Waals surface area contributed by atoms with Gasteiger partial charge in [0.25, 0.3) is 11.8 Å². The molecule has 3 heterocycles. The minimum absolute atomic E-state index is 0.323. The van der Waals surface area contributed by atoms with E-state index in [0.717, 1.165) is 24.7 Å². The number of carbonyl (C=O) groups is 3. The van der Waals surface area contributed by atoms with Crippen LogP contribution in [-0.2, 0) is 10.3 Å². The van der Waals surface area contributed by atoms with Gasteiger partial charge in [0, 0.05) is 17.2 Å². The zero-order valence-electron chi connectivity index (χ0n) is 17.5. The van der Waals surface area contributed by atoms with Crippen molar-refractivity contribution in [1.82, 2.24) is 4.90 Å². The van der Waals surface area contributed by atoms with Crippen molar-refractivity contribution >= 4 is 56.3 Å². The summed E-state index contributed by atoms with van der Waals surface area (Å²) in [5, 5.41) is 0. The summed E-state index contributed by atoms with van der Waals surface area (Å²) in [4.78, 5) is 43.1. The van der Waals surface area contributed by atoms with Gasteiger partial charge in [0.2, 0.25) is 5.91 Å². The molecule has 162 valence electrons. The number of amides is 3. The van der Waals surface area contributed by atoms with Crippen LogP contribution in [0.1, 0.15) is 39.4 Å². The van der Waals surface area contributed by atoms with Gasteiger partial charge in [0.15, 0.2) is 0 Å². The summed E-state index contributed by atoms with van der Waals surface area (Å²) < 4.78 is 6.18. The van der Waals surface area contributed by atoms with Crippen molar-refractivity contribution in [3.8, 4) is 16.9 Å². The number of ether oxygens (including phenoxy) is 1. The number of fused-ring (bicyclic) bond motifs is 4. The van der Waals surface area contributed by atoms with Crippen LogP contribution < -0.4 is 9.64 Å². The van der Waals surface area contributed by atoms with E-state index in [2.05, 4.69) is 0 Å². The van der Waals surface area contributed by atoms with Crippen molar-refractivity contribution in [2.45, 2.75) is 19.4 Å². The summed E-state index contributed by atoms with van der Waals surface area (Å²) in [6.45, 7) is 3.55. The van der Waals surface area contributed by atoms with Crippen LogP contribution in [-0.4, -0.2) is 36.3 Å². The normalized spacial score (nSPS) is 16.0. The maximum Gasteiger partial charge on any atom is 0.262 e. The lowest BCUT2D eigenvalue weighted by molar-refractivity contribution is -0.120. The molecule has 0 atom stereocenters. The van der Waals surface area contributed by atoms with E-state index < -0.39 is 17.4 Å². The van der Waals surface area contributed by atoms with Crippen molar-refractivity contribution in [3.63, 3.8) is 0 Å². The Hall–Kier alpha value is -2.88. The fraction of sp³-hybridized carbons (Fsp3) is 0.217. The van der Waals surface area contributed by atoms with Crippen molar-refractivity contribution in [1.29, 1.82) is 0 Å². The van der Waals surface area contributed by atoms with E-state index in [1.54, 1.807) is 52.7 Å². The molecule has 5 rings (SSSR count). The summed E-state index contributed by atoms with van der Waals surface area (Å²) in [6.07, 6.45) is 0. The van der Waals surface area contributed by atoms with E-state index in [1.165, 1.54) is 10.3 Å². The van der Waals surface area contributed by atoms with Crippen LogP contribution in [0.3, 0.4) is 0 Å². The van der Waals surface area contributed by atoms with Gasteiger partial charge < -0.3 is 4.74 Å². The lowest BCUT2D eigenvalue weighted by atomic mass is 9.87. The highest BCUT2D eigenvalue weighted by molar-refractivity contribution is 7.80. The molecule has 0 saturated carbocycles. The molecule has 0 bridgehead atoms. The van der Waals surface area contributed by atoms with Crippen LogP contribution in [0, 0.1) is 3.82 Å². The van der Waals surface area contributed by atoms with Gasteiger partial charge in [0.05, 0.1) is 34.3 Å². The lowest BCUT2D eigenvalue weighted by Crippen LogP contribution is -2.52. The van der Waals surface area contributed by atoms with Gasteiger partial charge in [0.1, 0.15) is 16.1 Å². The smallest absolute Gasteiger partial charge is 0.262 e. The van der Waals surface area contributed by atoms with E-state index >= 15 is 0 Å². The molecular weight excluding hydrogens is 464 g/mol. The number of rotatable bonds is 3. The molecular formula is C23H18N2O4S3. The summed E-state index contributed by atoms with van der Waals surface area (Å²) >= 11 is 5.60. The summed E-state index contributed by atoms with van der Waals surface area (Å²) in [5.41, 5.74) is 2.38. The number of anilines is 1. The van der Waals surface area contributed by atoms with Crippen molar-refractivity contribution in [2.75, 3.05) is 18.6 Å². The van der Waals surface area contributed by atoms with E-state index in [-0.39, 0.29) is 12.5 Å². The highest BCUT2D eigenvalue weighted by Crippen LogP contribution is 2.52. The molecule has 0 N–H and O–H groups in total. The predicted molar refractivity (Wildman–Crippen MR) is 127 cm³/mol. The fourth-order valence-electron chi connectivity index (χ4n) is 4.37. The molecule has 0 fully saturated rings. The zero-order chi connectivity index (χ0) is 22.8. The average Bonchev–Trinajstić information content (AvgIpc) is 3.28. The van der Waals surface area contributed by atoms with Gasteiger partial charge in [-0.3, -0.25) is 24.2 Å². The van der Waals surface area contributed by atoms with E-state index in [1.807, 2.05) is 26.0 Å². The Kier molecular flexibility index (Phi) is 4.81. The van der Waals surface area contributed by atoms with E-state index in [4.69, 9.17) is 17.0 Å². The van der Waals surface area contributed by atoms with Crippen LogP contribution in [0.4, 0.5) is 5.69 Å². The highest BCUT2D eigenvalue weighted by Gasteiger charge is 2.45. The first-order valence-corrected chi connectivity index (χ1v) is 12.4. The van der Waals surface area contributed by atoms with Gasteiger partial charge in [-0.1, -0.05) is 45.0 Å². The van der Waals surface area contributed by atoms with Gasteiger partial charge in [-0.25, -0.2) is 0 Å². The van der Waals surface area contributed by atoms with Gasteiger partial charge in [-0.15, -0.1) is 0 Å². The van der Waals surface area contributed by atoms with Crippen LogP contribution in [0.2, 0.25) is 0 Å². The van der Waals surface area contributed by atoms with Crippen molar-refractivity contribution < 1.29 is 19.1 Å². The molecule has 0 radical (unpaired) electrons. The standard InChI is InChI=1S/C23H18N2O4S3/c1-23(2)19-18(22(30)32-31-19)15-9-8-12(29-3)10-16(15)25(23)17(26)11-24-20(27)13-6-4-5-7-14(13)21(24)28/h4-10H,11H2,1-3H3. The quantitative estimate of drug-likeness (QED) is 0.295. The summed E-state index contributed by atoms with van der Waals surface area (Å²) in [6, 6.07) is 12.2. The second-order valence-corrected chi connectivity index (χ2v) is 10.9. The van der Waals surface area contributed by atoms with Crippen molar-refractivity contribution in [2.24, 2.45) is 0 Å². The molecule has 6 nitrogen and oxygen atoms in total. The highest BCUT2D eigenvalue weighted by atomic mass is 32.9. The Morgan fingerprint density at radius 2 is 1.69 bits per heavy atom. The largest absolute Gasteiger partial charge is 0.497 e. The first kappa shape index (κ1) is 21.0. The Bertz CT molecular complexity index is 1340. The molecule has 0 aliphatic carbocycles.